The van der Waals surface area contributed by atoms with E-state index in [1.165, 1.54) is 24.3 Å². The first kappa shape index (κ1) is 17.5. The minimum atomic E-state index is -0.325. The van der Waals surface area contributed by atoms with Gasteiger partial charge in [-0.2, -0.15) is 0 Å². The number of halogens is 2. The fourth-order valence-electron chi connectivity index (χ4n) is 3.13. The highest BCUT2D eigenvalue weighted by molar-refractivity contribution is 5.82. The van der Waals surface area contributed by atoms with Crippen LogP contribution in [0, 0.1) is 23.5 Å². The van der Waals surface area contributed by atoms with Gasteiger partial charge in [-0.3, -0.25) is 4.79 Å². The van der Waals surface area contributed by atoms with Crippen LogP contribution in [-0.4, -0.2) is 12.5 Å². The lowest BCUT2D eigenvalue weighted by Crippen LogP contribution is -2.28. The van der Waals surface area contributed by atoms with Crippen molar-refractivity contribution in [2.45, 2.75) is 19.4 Å². The fraction of sp³-hybridized carbons (Fsp3) is 0.286. The lowest BCUT2D eigenvalue weighted by atomic mass is 10.2. The fourth-order valence-corrected chi connectivity index (χ4v) is 3.13. The Morgan fingerprint density at radius 1 is 1.19 bits per heavy atom. The molecular weight excluding hydrogens is 352 g/mol. The van der Waals surface area contributed by atoms with E-state index >= 15 is 0 Å². The van der Waals surface area contributed by atoms with E-state index in [0.29, 0.717) is 29.1 Å². The number of carbonyl (C=O) groups is 1. The van der Waals surface area contributed by atoms with Gasteiger partial charge in [-0.25, -0.2) is 8.78 Å². The lowest BCUT2D eigenvalue weighted by molar-refractivity contribution is -0.123. The van der Waals surface area contributed by atoms with Crippen molar-refractivity contribution in [3.05, 3.63) is 65.9 Å². The third-order valence-electron chi connectivity index (χ3n) is 4.82. The highest BCUT2D eigenvalue weighted by Gasteiger charge is 2.43. The van der Waals surface area contributed by atoms with Crippen molar-refractivity contribution in [1.82, 2.24) is 5.32 Å². The number of furan rings is 1. The summed E-state index contributed by atoms with van der Waals surface area (Å²) in [6, 6.07) is 11.6. The van der Waals surface area contributed by atoms with Gasteiger partial charge in [0.15, 0.2) is 0 Å². The quantitative estimate of drug-likeness (QED) is 0.689. The van der Waals surface area contributed by atoms with Gasteiger partial charge >= 0.3 is 0 Å². The maximum Gasteiger partial charge on any atom is 0.224 e. The second-order valence-corrected chi connectivity index (χ2v) is 6.93. The summed E-state index contributed by atoms with van der Waals surface area (Å²) in [6.07, 6.45) is 0.755. The number of hydrogen-bond acceptors (Lipinski definition) is 3. The van der Waals surface area contributed by atoms with Crippen LogP contribution in [0.15, 0.2) is 52.9 Å². The first-order valence-electron chi connectivity index (χ1n) is 8.87. The number of hydrogen-bond donors (Lipinski definition) is 1. The van der Waals surface area contributed by atoms with Gasteiger partial charge < -0.3 is 14.5 Å². The molecule has 3 atom stereocenters. The van der Waals surface area contributed by atoms with E-state index < -0.39 is 0 Å². The first-order chi connectivity index (χ1) is 13.0. The van der Waals surface area contributed by atoms with Crippen molar-refractivity contribution in [2.24, 2.45) is 11.8 Å². The van der Waals surface area contributed by atoms with Crippen LogP contribution in [0.1, 0.15) is 25.1 Å². The molecule has 3 aromatic rings. The zero-order valence-corrected chi connectivity index (χ0v) is 14.7. The Hall–Kier alpha value is -2.89. The standard InChI is InChI=1S/C21H19F2NO3/c1-12(20-10-13-8-16(23)4-7-19(13)27-20)24-21(25)18-9-14(18)11-26-17-5-2-15(22)3-6-17/h2-8,10,12,14,18H,9,11H2,1H3,(H,24,25)/t12-,14-,18+/m1/s1. The van der Waals surface area contributed by atoms with Crippen LogP contribution in [-0.2, 0) is 4.79 Å². The molecule has 1 aliphatic rings. The molecule has 1 aromatic heterocycles. The molecule has 27 heavy (non-hydrogen) atoms. The van der Waals surface area contributed by atoms with Crippen LogP contribution in [0.4, 0.5) is 8.78 Å². The lowest BCUT2D eigenvalue weighted by Gasteiger charge is -2.11. The summed E-state index contributed by atoms with van der Waals surface area (Å²) in [7, 11) is 0. The first-order valence-corrected chi connectivity index (χ1v) is 8.87. The van der Waals surface area contributed by atoms with Crippen molar-refractivity contribution >= 4 is 16.9 Å². The third-order valence-corrected chi connectivity index (χ3v) is 4.82. The summed E-state index contributed by atoms with van der Waals surface area (Å²) in [4.78, 5) is 12.4. The molecule has 140 valence electrons. The molecular formula is C21H19F2NO3. The van der Waals surface area contributed by atoms with Crippen LogP contribution in [0.25, 0.3) is 11.0 Å². The Kier molecular flexibility index (Phi) is 4.56. The monoisotopic (exact) mass is 371 g/mol. The van der Waals surface area contributed by atoms with Gasteiger partial charge in [-0.15, -0.1) is 0 Å². The molecule has 4 rings (SSSR count). The van der Waals surface area contributed by atoms with Gasteiger partial charge in [0, 0.05) is 17.2 Å². The Morgan fingerprint density at radius 3 is 2.70 bits per heavy atom. The molecule has 1 saturated carbocycles. The molecule has 1 aliphatic carbocycles. The van der Waals surface area contributed by atoms with E-state index in [1.54, 1.807) is 24.3 Å². The summed E-state index contributed by atoms with van der Waals surface area (Å²) in [5.41, 5.74) is 0.587. The van der Waals surface area contributed by atoms with Crippen LogP contribution in [0.5, 0.6) is 5.75 Å². The molecule has 1 N–H and O–H groups in total. The number of nitrogens with one attached hydrogen (secondary N) is 1. The summed E-state index contributed by atoms with van der Waals surface area (Å²) >= 11 is 0. The zero-order chi connectivity index (χ0) is 19.0. The second kappa shape index (κ2) is 7.02. The predicted octanol–water partition coefficient (Wildman–Crippen LogP) is 4.60. The summed E-state index contributed by atoms with van der Waals surface area (Å²) < 4.78 is 37.5. The zero-order valence-electron chi connectivity index (χ0n) is 14.7. The largest absolute Gasteiger partial charge is 0.493 e. The second-order valence-electron chi connectivity index (χ2n) is 6.93. The minimum absolute atomic E-state index is 0.0538. The normalized spacial score (nSPS) is 19.7. The minimum Gasteiger partial charge on any atom is -0.493 e. The van der Waals surface area contributed by atoms with E-state index in [0.717, 1.165) is 6.42 Å². The smallest absolute Gasteiger partial charge is 0.224 e. The number of benzene rings is 2. The van der Waals surface area contributed by atoms with Gasteiger partial charge in [0.05, 0.1) is 12.6 Å². The Bertz CT molecular complexity index is 967. The average molecular weight is 371 g/mol. The van der Waals surface area contributed by atoms with E-state index in [-0.39, 0.29) is 35.4 Å². The molecule has 1 fully saturated rings. The summed E-state index contributed by atoms with van der Waals surface area (Å²) in [5, 5.41) is 3.61. The van der Waals surface area contributed by atoms with Gasteiger partial charge in [0.2, 0.25) is 5.91 Å². The Morgan fingerprint density at radius 2 is 1.93 bits per heavy atom. The topological polar surface area (TPSA) is 51.5 Å². The molecule has 0 bridgehead atoms. The number of rotatable bonds is 6. The average Bonchev–Trinajstić information content (AvgIpc) is 3.31. The number of ether oxygens (including phenoxy) is 1. The van der Waals surface area contributed by atoms with Crippen molar-refractivity contribution in [1.29, 1.82) is 0 Å². The van der Waals surface area contributed by atoms with Crippen LogP contribution in [0.3, 0.4) is 0 Å². The Balaban J connectivity index is 1.30. The molecule has 6 heteroatoms. The SMILES string of the molecule is C[C@@H](NC(=O)[C@H]1C[C@@H]1COc1ccc(F)cc1)c1cc2cc(F)ccc2o1. The molecule has 0 spiro atoms. The van der Waals surface area contributed by atoms with Gasteiger partial charge in [-0.1, -0.05) is 0 Å². The van der Waals surface area contributed by atoms with Crippen LogP contribution in [0.2, 0.25) is 0 Å². The maximum absolute atomic E-state index is 13.3. The molecule has 1 heterocycles. The summed E-state index contributed by atoms with van der Waals surface area (Å²) in [5.74, 6) is 0.527. The Labute approximate surface area is 155 Å². The van der Waals surface area contributed by atoms with E-state index in [4.69, 9.17) is 9.15 Å². The van der Waals surface area contributed by atoms with Gasteiger partial charge in [0.1, 0.15) is 28.7 Å². The number of fused-ring (bicyclic) bond motifs is 1. The molecule has 0 radical (unpaired) electrons. The third kappa shape index (κ3) is 3.94. The highest BCUT2D eigenvalue weighted by atomic mass is 19.1. The van der Waals surface area contributed by atoms with Gasteiger partial charge in [0.25, 0.3) is 0 Å². The predicted molar refractivity (Wildman–Crippen MR) is 96.2 cm³/mol. The van der Waals surface area contributed by atoms with Crippen molar-refractivity contribution in [2.75, 3.05) is 6.61 Å². The highest BCUT2D eigenvalue weighted by Crippen LogP contribution is 2.39. The molecule has 1 amide bonds. The molecule has 0 saturated heterocycles. The van der Waals surface area contributed by atoms with E-state index in [9.17, 15) is 13.6 Å². The van der Waals surface area contributed by atoms with E-state index in [2.05, 4.69) is 5.32 Å². The number of carbonyl (C=O) groups excluding carboxylic acids is 1. The van der Waals surface area contributed by atoms with Gasteiger partial charge in [-0.05, 0) is 61.9 Å². The molecule has 4 nitrogen and oxygen atoms in total. The van der Waals surface area contributed by atoms with Crippen molar-refractivity contribution in [3.8, 4) is 5.75 Å². The van der Waals surface area contributed by atoms with E-state index in [1.807, 2.05) is 6.92 Å². The maximum atomic E-state index is 13.3. The summed E-state index contributed by atoms with van der Waals surface area (Å²) in [6.45, 7) is 2.25. The molecule has 2 aromatic carbocycles. The van der Waals surface area contributed by atoms with Crippen LogP contribution >= 0.6 is 0 Å². The number of amides is 1. The molecule has 0 aliphatic heterocycles. The van der Waals surface area contributed by atoms with Crippen LogP contribution < -0.4 is 10.1 Å². The molecule has 0 unspecified atom stereocenters. The van der Waals surface area contributed by atoms with Crippen molar-refractivity contribution in [3.63, 3.8) is 0 Å². The van der Waals surface area contributed by atoms with Crippen molar-refractivity contribution < 1.29 is 22.7 Å².